The number of carbonyl (C=O) groups excluding carboxylic acids is 1. The minimum absolute atomic E-state index is 0.109. The molecule has 0 spiro atoms. The Kier molecular flexibility index (Phi) is 4.71. The number of hydrogen-bond donors (Lipinski definition) is 2. The van der Waals surface area contributed by atoms with Crippen molar-refractivity contribution in [3.05, 3.63) is 17.3 Å². The molecule has 0 bridgehead atoms. The number of methoxy groups -OCH3 is 1. The van der Waals surface area contributed by atoms with Gasteiger partial charge in [-0.05, 0) is 0 Å². The lowest BCUT2D eigenvalue weighted by atomic mass is 10.3. The van der Waals surface area contributed by atoms with Crippen molar-refractivity contribution in [2.45, 2.75) is 12.8 Å². The molecule has 0 aliphatic heterocycles. The van der Waals surface area contributed by atoms with E-state index in [4.69, 9.17) is 21.4 Å². The fourth-order valence-electron chi connectivity index (χ4n) is 1.07. The van der Waals surface area contributed by atoms with Gasteiger partial charge in [-0.2, -0.15) is 0 Å². The van der Waals surface area contributed by atoms with Crippen molar-refractivity contribution in [1.82, 2.24) is 4.98 Å². The van der Waals surface area contributed by atoms with Gasteiger partial charge in [-0.1, -0.05) is 11.6 Å². The van der Waals surface area contributed by atoms with E-state index in [0.29, 0.717) is 10.8 Å². The molecule has 1 aromatic rings. The third-order valence-electron chi connectivity index (χ3n) is 1.87. The third-order valence-corrected chi connectivity index (χ3v) is 2.16. The van der Waals surface area contributed by atoms with Gasteiger partial charge >= 0.3 is 5.97 Å². The maximum Gasteiger partial charge on any atom is 0.303 e. The summed E-state index contributed by atoms with van der Waals surface area (Å²) in [4.78, 5) is 25.4. The Hall–Kier alpha value is -1.82. The summed E-state index contributed by atoms with van der Waals surface area (Å²) in [5.74, 6) is -0.803. The first-order chi connectivity index (χ1) is 8.02. The molecule has 0 radical (unpaired) electrons. The lowest BCUT2D eigenvalue weighted by molar-refractivity contribution is -0.138. The zero-order valence-corrected chi connectivity index (χ0v) is 9.82. The van der Waals surface area contributed by atoms with E-state index >= 15 is 0 Å². The summed E-state index contributed by atoms with van der Waals surface area (Å²) in [6, 6.07) is 1.46. The third kappa shape index (κ3) is 4.28. The molecule has 1 aromatic heterocycles. The molecule has 17 heavy (non-hydrogen) atoms. The molecule has 0 saturated heterocycles. The predicted molar refractivity (Wildman–Crippen MR) is 61.3 cm³/mol. The van der Waals surface area contributed by atoms with Gasteiger partial charge in [0.2, 0.25) is 5.91 Å². The molecule has 0 atom stereocenters. The quantitative estimate of drug-likeness (QED) is 0.836. The standard InChI is InChI=1S/C10H11ClN2O4/c1-17-7-4-8(12-5-6(7)11)13-9(14)2-3-10(15)16/h4-5H,2-3H2,1H3,(H,15,16)(H,12,13,14). The number of rotatable bonds is 5. The van der Waals surface area contributed by atoms with Crippen LogP contribution < -0.4 is 10.1 Å². The Morgan fingerprint density at radius 2 is 2.24 bits per heavy atom. The highest BCUT2D eigenvalue weighted by Crippen LogP contribution is 2.25. The molecule has 1 heterocycles. The Morgan fingerprint density at radius 1 is 1.53 bits per heavy atom. The van der Waals surface area contributed by atoms with Crippen LogP contribution in [0.4, 0.5) is 5.82 Å². The van der Waals surface area contributed by atoms with Crippen LogP contribution in [0.2, 0.25) is 5.02 Å². The average Bonchev–Trinajstić information content (AvgIpc) is 2.29. The Bertz CT molecular complexity index is 436. The van der Waals surface area contributed by atoms with Crippen LogP contribution in [0.3, 0.4) is 0 Å². The molecule has 0 aliphatic carbocycles. The SMILES string of the molecule is COc1cc(NC(=O)CCC(=O)O)ncc1Cl. The summed E-state index contributed by atoms with van der Waals surface area (Å²) in [7, 11) is 1.44. The van der Waals surface area contributed by atoms with Crippen molar-refractivity contribution in [3.8, 4) is 5.75 Å². The predicted octanol–water partition coefficient (Wildman–Crippen LogP) is 1.55. The first-order valence-electron chi connectivity index (χ1n) is 4.74. The Labute approximate surface area is 103 Å². The van der Waals surface area contributed by atoms with E-state index in [1.807, 2.05) is 0 Å². The number of carbonyl (C=O) groups is 2. The van der Waals surface area contributed by atoms with Gasteiger partial charge in [0.15, 0.2) is 0 Å². The highest BCUT2D eigenvalue weighted by molar-refractivity contribution is 6.32. The number of halogens is 1. The lowest BCUT2D eigenvalue weighted by Crippen LogP contribution is -2.14. The van der Waals surface area contributed by atoms with Crippen molar-refractivity contribution >= 4 is 29.3 Å². The van der Waals surface area contributed by atoms with Crippen molar-refractivity contribution in [2.24, 2.45) is 0 Å². The zero-order valence-electron chi connectivity index (χ0n) is 9.07. The molecule has 92 valence electrons. The monoisotopic (exact) mass is 258 g/mol. The molecule has 0 fully saturated rings. The van der Waals surface area contributed by atoms with Gasteiger partial charge in [0, 0.05) is 12.5 Å². The first-order valence-corrected chi connectivity index (χ1v) is 5.12. The number of amides is 1. The Balaban J connectivity index is 2.62. The number of carboxylic acid groups (broad SMARTS) is 1. The molecule has 2 N–H and O–H groups in total. The van der Waals surface area contributed by atoms with Gasteiger partial charge < -0.3 is 15.2 Å². The smallest absolute Gasteiger partial charge is 0.303 e. The molecule has 0 unspecified atom stereocenters. The highest BCUT2D eigenvalue weighted by atomic mass is 35.5. The number of hydrogen-bond acceptors (Lipinski definition) is 4. The maximum absolute atomic E-state index is 11.3. The normalized spacial score (nSPS) is 9.76. The van der Waals surface area contributed by atoms with Crippen LogP contribution in [-0.4, -0.2) is 29.1 Å². The second-order valence-corrected chi connectivity index (χ2v) is 3.55. The number of nitrogens with zero attached hydrogens (tertiary/aromatic N) is 1. The molecule has 0 aliphatic rings. The fraction of sp³-hybridized carbons (Fsp3) is 0.300. The van der Waals surface area contributed by atoms with Crippen molar-refractivity contribution in [1.29, 1.82) is 0 Å². The van der Waals surface area contributed by atoms with Crippen LogP contribution in [0.15, 0.2) is 12.3 Å². The molecular formula is C10H11ClN2O4. The average molecular weight is 259 g/mol. The number of pyridine rings is 1. The first kappa shape index (κ1) is 13.2. The summed E-state index contributed by atoms with van der Waals surface area (Å²) in [6.45, 7) is 0. The van der Waals surface area contributed by atoms with Crippen molar-refractivity contribution < 1.29 is 19.4 Å². The van der Waals surface area contributed by atoms with Crippen molar-refractivity contribution in [3.63, 3.8) is 0 Å². The maximum atomic E-state index is 11.3. The summed E-state index contributed by atoms with van der Waals surface area (Å²) in [6.07, 6.45) is 1.01. The molecule has 0 aromatic carbocycles. The largest absolute Gasteiger partial charge is 0.495 e. The second-order valence-electron chi connectivity index (χ2n) is 3.15. The number of nitrogens with one attached hydrogen (secondary N) is 1. The second kappa shape index (κ2) is 6.05. The van der Waals surface area contributed by atoms with Crippen LogP contribution in [0.5, 0.6) is 5.75 Å². The molecule has 7 heteroatoms. The molecule has 0 saturated carbocycles. The van der Waals surface area contributed by atoms with E-state index in [1.165, 1.54) is 19.4 Å². The van der Waals surface area contributed by atoms with Crippen LogP contribution in [0, 0.1) is 0 Å². The molecule has 1 amide bonds. The van der Waals surface area contributed by atoms with Gasteiger partial charge in [-0.15, -0.1) is 0 Å². The van der Waals surface area contributed by atoms with Crippen molar-refractivity contribution in [2.75, 3.05) is 12.4 Å². The van der Waals surface area contributed by atoms with Crippen LogP contribution in [0.25, 0.3) is 0 Å². The molecule has 6 nitrogen and oxygen atoms in total. The number of ether oxygens (including phenoxy) is 1. The van der Waals surface area contributed by atoms with E-state index in [0.717, 1.165) is 0 Å². The summed E-state index contributed by atoms with van der Waals surface area (Å²) in [5, 5.41) is 11.2. The number of aliphatic carboxylic acids is 1. The summed E-state index contributed by atoms with van der Waals surface area (Å²) >= 11 is 5.76. The highest BCUT2D eigenvalue weighted by Gasteiger charge is 2.08. The minimum Gasteiger partial charge on any atom is -0.495 e. The minimum atomic E-state index is -1.03. The van der Waals surface area contributed by atoms with E-state index in [1.54, 1.807) is 0 Å². The zero-order chi connectivity index (χ0) is 12.8. The van der Waals surface area contributed by atoms with Crippen LogP contribution >= 0.6 is 11.6 Å². The Morgan fingerprint density at radius 3 is 2.82 bits per heavy atom. The lowest BCUT2D eigenvalue weighted by Gasteiger charge is -2.06. The van der Waals surface area contributed by atoms with E-state index in [9.17, 15) is 9.59 Å². The number of aromatic nitrogens is 1. The molecular weight excluding hydrogens is 248 g/mol. The van der Waals surface area contributed by atoms with Gasteiger partial charge in [0.1, 0.15) is 16.6 Å². The van der Waals surface area contributed by atoms with E-state index < -0.39 is 11.9 Å². The van der Waals surface area contributed by atoms with E-state index in [2.05, 4.69) is 10.3 Å². The van der Waals surface area contributed by atoms with Gasteiger partial charge in [0.05, 0.1) is 19.7 Å². The van der Waals surface area contributed by atoms with Crippen LogP contribution in [0.1, 0.15) is 12.8 Å². The van der Waals surface area contributed by atoms with Gasteiger partial charge in [0.25, 0.3) is 0 Å². The molecule has 1 rings (SSSR count). The van der Waals surface area contributed by atoms with Gasteiger partial charge in [-0.25, -0.2) is 4.98 Å². The number of carboxylic acids is 1. The van der Waals surface area contributed by atoms with Gasteiger partial charge in [-0.3, -0.25) is 9.59 Å². The summed E-state index contributed by atoms with van der Waals surface area (Å²) in [5.41, 5.74) is 0. The summed E-state index contributed by atoms with van der Waals surface area (Å²) < 4.78 is 4.95. The topological polar surface area (TPSA) is 88.5 Å². The fourth-order valence-corrected chi connectivity index (χ4v) is 1.25. The van der Waals surface area contributed by atoms with Crippen LogP contribution in [-0.2, 0) is 9.59 Å². The number of anilines is 1. The van der Waals surface area contributed by atoms with E-state index in [-0.39, 0.29) is 18.7 Å².